The molecule has 2 amide bonds. The SMILES string of the molecule is CCCOc1ccc2ccccc2c1C(C1C(=O)N(c2ccccc2)N=C1CC)C1C(=O)N(c2ccccc2)N=C1CC. The minimum atomic E-state index is -0.679. The van der Waals surface area contributed by atoms with Gasteiger partial charge in [0.15, 0.2) is 0 Å². The topological polar surface area (TPSA) is 74.6 Å². The van der Waals surface area contributed by atoms with Crippen molar-refractivity contribution in [1.82, 2.24) is 0 Å². The van der Waals surface area contributed by atoms with Crippen LogP contribution in [0.3, 0.4) is 0 Å². The van der Waals surface area contributed by atoms with Crippen LogP contribution >= 0.6 is 0 Å². The molecule has 2 atom stereocenters. The molecule has 0 spiro atoms. The number of benzene rings is 4. The van der Waals surface area contributed by atoms with Gasteiger partial charge in [-0.1, -0.05) is 87.5 Å². The maximum atomic E-state index is 14.6. The summed E-state index contributed by atoms with van der Waals surface area (Å²) >= 11 is 0. The molecule has 4 aromatic rings. The zero-order chi connectivity index (χ0) is 29.9. The predicted molar refractivity (Wildman–Crippen MR) is 173 cm³/mol. The molecule has 218 valence electrons. The molecule has 0 saturated carbocycles. The monoisotopic (exact) mass is 572 g/mol. The summed E-state index contributed by atoms with van der Waals surface area (Å²) in [5, 5.41) is 14.7. The fourth-order valence-corrected chi connectivity index (χ4v) is 6.32. The number of amides is 2. The molecule has 4 aromatic carbocycles. The van der Waals surface area contributed by atoms with E-state index < -0.39 is 17.8 Å². The Labute approximate surface area is 252 Å². The van der Waals surface area contributed by atoms with E-state index in [-0.39, 0.29) is 11.8 Å². The number of para-hydroxylation sites is 2. The first-order valence-electron chi connectivity index (χ1n) is 15.1. The van der Waals surface area contributed by atoms with Crippen LogP contribution in [0.2, 0.25) is 0 Å². The van der Waals surface area contributed by atoms with E-state index in [1.165, 1.54) is 10.0 Å². The van der Waals surface area contributed by atoms with Gasteiger partial charge < -0.3 is 4.74 Å². The van der Waals surface area contributed by atoms with Gasteiger partial charge in [0.25, 0.3) is 11.8 Å². The quantitative estimate of drug-likeness (QED) is 0.197. The number of anilines is 2. The number of ether oxygens (including phenoxy) is 1. The molecule has 2 unspecified atom stereocenters. The minimum Gasteiger partial charge on any atom is -0.493 e. The molecule has 2 heterocycles. The average molecular weight is 573 g/mol. The summed E-state index contributed by atoms with van der Waals surface area (Å²) in [4.78, 5) is 29.1. The molecule has 6 rings (SSSR count). The van der Waals surface area contributed by atoms with Crippen LogP contribution in [0, 0.1) is 11.8 Å². The molecule has 7 nitrogen and oxygen atoms in total. The van der Waals surface area contributed by atoms with E-state index in [1.807, 2.05) is 98.8 Å². The van der Waals surface area contributed by atoms with Crippen molar-refractivity contribution in [2.24, 2.45) is 22.0 Å². The third-order valence-electron chi connectivity index (χ3n) is 8.29. The second kappa shape index (κ2) is 12.2. The minimum absolute atomic E-state index is 0.149. The summed E-state index contributed by atoms with van der Waals surface area (Å²) in [6.45, 7) is 6.62. The summed E-state index contributed by atoms with van der Waals surface area (Å²) in [6.07, 6.45) is 1.96. The number of hydrazone groups is 2. The fourth-order valence-electron chi connectivity index (χ4n) is 6.32. The van der Waals surface area contributed by atoms with Crippen LogP contribution in [0.15, 0.2) is 107 Å². The molecular formula is C36H36N4O3. The first kappa shape index (κ1) is 28.3. The zero-order valence-corrected chi connectivity index (χ0v) is 24.8. The standard InChI is InChI=1S/C36H36N4O3/c1-4-23-43-30-22-21-24-15-13-14-20-27(24)31(30)34(32-28(5-2)37-39(35(32)41)25-16-9-7-10-17-25)33-29(6-3)38-40(36(33)42)26-18-11-8-12-19-26/h7-22,32-34H,4-6,23H2,1-3H3. The van der Waals surface area contributed by atoms with Crippen LogP contribution < -0.4 is 14.8 Å². The highest BCUT2D eigenvalue weighted by molar-refractivity contribution is 6.21. The summed E-state index contributed by atoms with van der Waals surface area (Å²) in [6, 6.07) is 31.1. The Kier molecular flexibility index (Phi) is 8.05. The fraction of sp³-hybridized carbons (Fsp3) is 0.278. The molecule has 0 N–H and O–H groups in total. The smallest absolute Gasteiger partial charge is 0.256 e. The third kappa shape index (κ3) is 5.09. The summed E-state index contributed by atoms with van der Waals surface area (Å²) in [7, 11) is 0. The Morgan fingerprint density at radius 1 is 0.674 bits per heavy atom. The van der Waals surface area contributed by atoms with Gasteiger partial charge in [0.05, 0.1) is 41.2 Å². The van der Waals surface area contributed by atoms with Crippen LogP contribution in [-0.4, -0.2) is 29.8 Å². The predicted octanol–water partition coefficient (Wildman–Crippen LogP) is 7.57. The van der Waals surface area contributed by atoms with Crippen LogP contribution in [0.5, 0.6) is 5.75 Å². The lowest BCUT2D eigenvalue weighted by atomic mass is 9.70. The summed E-state index contributed by atoms with van der Waals surface area (Å²) in [5.74, 6) is -1.55. The highest BCUT2D eigenvalue weighted by Crippen LogP contribution is 2.48. The Balaban J connectivity index is 1.58. The lowest BCUT2D eigenvalue weighted by Crippen LogP contribution is -2.41. The van der Waals surface area contributed by atoms with Crippen molar-refractivity contribution in [3.05, 3.63) is 103 Å². The van der Waals surface area contributed by atoms with Gasteiger partial charge in [0, 0.05) is 11.5 Å². The van der Waals surface area contributed by atoms with Crippen molar-refractivity contribution in [3.63, 3.8) is 0 Å². The molecule has 0 bridgehead atoms. The first-order chi connectivity index (χ1) is 21.1. The van der Waals surface area contributed by atoms with Gasteiger partial charge in [-0.2, -0.15) is 10.2 Å². The second-order valence-electron chi connectivity index (χ2n) is 10.9. The van der Waals surface area contributed by atoms with Gasteiger partial charge in [-0.15, -0.1) is 0 Å². The summed E-state index contributed by atoms with van der Waals surface area (Å²) in [5.41, 5.74) is 3.75. The van der Waals surface area contributed by atoms with Gasteiger partial charge in [-0.25, -0.2) is 10.0 Å². The van der Waals surface area contributed by atoms with E-state index >= 15 is 0 Å². The highest BCUT2D eigenvalue weighted by atomic mass is 16.5. The van der Waals surface area contributed by atoms with E-state index in [2.05, 4.69) is 19.1 Å². The molecule has 43 heavy (non-hydrogen) atoms. The van der Waals surface area contributed by atoms with Crippen molar-refractivity contribution >= 4 is 45.4 Å². The Bertz CT molecular complexity index is 1620. The molecule has 0 radical (unpaired) electrons. The average Bonchev–Trinajstić information content (AvgIpc) is 3.57. The van der Waals surface area contributed by atoms with Gasteiger partial charge in [0.1, 0.15) is 5.75 Å². The zero-order valence-electron chi connectivity index (χ0n) is 24.8. The van der Waals surface area contributed by atoms with Crippen LogP contribution in [0.25, 0.3) is 10.8 Å². The molecule has 2 aliphatic rings. The largest absolute Gasteiger partial charge is 0.493 e. The van der Waals surface area contributed by atoms with E-state index in [9.17, 15) is 9.59 Å². The normalized spacial score (nSPS) is 19.1. The molecule has 2 aliphatic heterocycles. The van der Waals surface area contributed by atoms with Crippen molar-refractivity contribution in [2.45, 2.75) is 46.0 Å². The van der Waals surface area contributed by atoms with Crippen molar-refractivity contribution < 1.29 is 14.3 Å². The first-order valence-corrected chi connectivity index (χ1v) is 15.1. The van der Waals surface area contributed by atoms with Gasteiger partial charge in [-0.05, 0) is 60.4 Å². The number of carbonyl (C=O) groups excluding carboxylic acids is 2. The number of fused-ring (bicyclic) bond motifs is 1. The lowest BCUT2D eigenvalue weighted by molar-refractivity contribution is -0.122. The Morgan fingerprint density at radius 2 is 1.19 bits per heavy atom. The molecule has 0 fully saturated rings. The van der Waals surface area contributed by atoms with Gasteiger partial charge in [-0.3, -0.25) is 9.59 Å². The van der Waals surface area contributed by atoms with E-state index in [0.29, 0.717) is 36.6 Å². The lowest BCUT2D eigenvalue weighted by Gasteiger charge is -2.31. The number of carbonyl (C=O) groups is 2. The van der Waals surface area contributed by atoms with Gasteiger partial charge >= 0.3 is 0 Å². The van der Waals surface area contributed by atoms with E-state index in [1.54, 1.807) is 0 Å². The Morgan fingerprint density at radius 3 is 1.70 bits per heavy atom. The molecule has 0 aliphatic carbocycles. The Hall–Kier alpha value is -4.78. The highest BCUT2D eigenvalue weighted by Gasteiger charge is 2.52. The van der Waals surface area contributed by atoms with Gasteiger partial charge in [0.2, 0.25) is 0 Å². The molecule has 0 aromatic heterocycles. The number of hydrogen-bond donors (Lipinski definition) is 0. The van der Waals surface area contributed by atoms with Crippen molar-refractivity contribution in [2.75, 3.05) is 16.6 Å². The second-order valence-corrected chi connectivity index (χ2v) is 10.9. The molecule has 7 heteroatoms. The van der Waals surface area contributed by atoms with E-state index in [0.717, 1.165) is 34.2 Å². The number of rotatable bonds is 10. The molecular weight excluding hydrogens is 536 g/mol. The molecule has 0 saturated heterocycles. The maximum absolute atomic E-state index is 14.6. The summed E-state index contributed by atoms with van der Waals surface area (Å²) < 4.78 is 6.40. The maximum Gasteiger partial charge on any atom is 0.256 e. The van der Waals surface area contributed by atoms with E-state index in [4.69, 9.17) is 14.9 Å². The van der Waals surface area contributed by atoms with Crippen molar-refractivity contribution in [3.8, 4) is 5.75 Å². The number of hydrogen-bond acceptors (Lipinski definition) is 5. The number of nitrogens with zero attached hydrogens (tertiary/aromatic N) is 4. The van der Waals surface area contributed by atoms with Crippen LogP contribution in [0.1, 0.15) is 51.5 Å². The van der Waals surface area contributed by atoms with Crippen molar-refractivity contribution in [1.29, 1.82) is 0 Å². The van der Waals surface area contributed by atoms with Crippen LogP contribution in [-0.2, 0) is 9.59 Å². The third-order valence-corrected chi connectivity index (χ3v) is 8.29. The van der Waals surface area contributed by atoms with Crippen LogP contribution in [0.4, 0.5) is 11.4 Å².